The molecule has 1 rings (SSSR count). The van der Waals surface area contributed by atoms with Gasteiger partial charge in [-0.1, -0.05) is 24.9 Å². The number of hydrogen-bond acceptors (Lipinski definition) is 4. The van der Waals surface area contributed by atoms with Crippen molar-refractivity contribution in [2.75, 3.05) is 13.7 Å². The lowest BCUT2D eigenvalue weighted by atomic mass is 10.3. The fourth-order valence-electron chi connectivity index (χ4n) is 1.35. The summed E-state index contributed by atoms with van der Waals surface area (Å²) in [5.41, 5.74) is -0.469. The van der Waals surface area contributed by atoms with Crippen molar-refractivity contribution in [3.8, 4) is 5.75 Å². The maximum atomic E-state index is 11.8. The van der Waals surface area contributed by atoms with Gasteiger partial charge in [0, 0.05) is 6.54 Å². The number of rotatable bonds is 6. The number of carbonyl (C=O) groups is 1. The lowest BCUT2D eigenvalue weighted by molar-refractivity contribution is -0.121. The highest BCUT2D eigenvalue weighted by Gasteiger charge is 2.12. The topological polar surface area (TPSA) is 73.2 Å². The lowest BCUT2D eigenvalue weighted by Gasteiger charge is -2.08. The molecule has 1 amide bonds. The SMILES string of the molecule is CCCCNC(=O)Cn1cnc(Cl)c(OC)c1=O. The first-order chi connectivity index (χ1) is 8.60. The molecule has 0 saturated carbocycles. The zero-order valence-electron chi connectivity index (χ0n) is 10.4. The van der Waals surface area contributed by atoms with Crippen molar-refractivity contribution in [1.29, 1.82) is 0 Å². The number of methoxy groups -OCH3 is 1. The Kier molecular flexibility index (Phi) is 5.64. The molecule has 0 spiro atoms. The molecule has 0 aliphatic rings. The second kappa shape index (κ2) is 7.00. The highest BCUT2D eigenvalue weighted by molar-refractivity contribution is 6.30. The summed E-state index contributed by atoms with van der Waals surface area (Å²) in [6.07, 6.45) is 3.13. The van der Waals surface area contributed by atoms with Gasteiger partial charge in [-0.25, -0.2) is 4.98 Å². The first kappa shape index (κ1) is 14.5. The number of carbonyl (C=O) groups excluding carboxylic acids is 1. The van der Waals surface area contributed by atoms with E-state index >= 15 is 0 Å². The molecular weight excluding hydrogens is 258 g/mol. The zero-order chi connectivity index (χ0) is 13.5. The van der Waals surface area contributed by atoms with Crippen molar-refractivity contribution in [2.24, 2.45) is 0 Å². The molecule has 0 bridgehead atoms. The van der Waals surface area contributed by atoms with Crippen molar-refractivity contribution < 1.29 is 9.53 Å². The number of nitrogens with one attached hydrogen (secondary N) is 1. The maximum Gasteiger partial charge on any atom is 0.297 e. The van der Waals surface area contributed by atoms with E-state index in [1.807, 2.05) is 6.92 Å². The predicted octanol–water partition coefficient (Wildman–Crippen LogP) is 0.822. The van der Waals surface area contributed by atoms with Crippen LogP contribution in [0.5, 0.6) is 5.75 Å². The smallest absolute Gasteiger partial charge is 0.297 e. The van der Waals surface area contributed by atoms with E-state index in [0.717, 1.165) is 17.4 Å². The Morgan fingerprint density at radius 3 is 2.94 bits per heavy atom. The van der Waals surface area contributed by atoms with E-state index in [-0.39, 0.29) is 23.4 Å². The second-order valence-electron chi connectivity index (χ2n) is 3.71. The van der Waals surface area contributed by atoms with Crippen LogP contribution in [0.2, 0.25) is 5.15 Å². The van der Waals surface area contributed by atoms with E-state index < -0.39 is 5.56 Å². The van der Waals surface area contributed by atoms with Gasteiger partial charge in [0.2, 0.25) is 11.7 Å². The molecule has 0 fully saturated rings. The third-order valence-electron chi connectivity index (χ3n) is 2.32. The molecule has 0 aliphatic carbocycles. The van der Waals surface area contributed by atoms with Crippen LogP contribution in [-0.2, 0) is 11.3 Å². The average Bonchev–Trinajstić information content (AvgIpc) is 2.34. The van der Waals surface area contributed by atoms with Crippen LogP contribution in [0.15, 0.2) is 11.1 Å². The van der Waals surface area contributed by atoms with Crippen molar-refractivity contribution >= 4 is 17.5 Å². The van der Waals surface area contributed by atoms with Crippen molar-refractivity contribution in [1.82, 2.24) is 14.9 Å². The Morgan fingerprint density at radius 1 is 1.61 bits per heavy atom. The van der Waals surface area contributed by atoms with Gasteiger partial charge < -0.3 is 10.1 Å². The van der Waals surface area contributed by atoms with E-state index in [1.165, 1.54) is 13.4 Å². The Labute approximate surface area is 110 Å². The second-order valence-corrected chi connectivity index (χ2v) is 4.06. The Bertz CT molecular complexity index is 473. The Hall–Kier alpha value is -1.56. The Morgan fingerprint density at radius 2 is 2.33 bits per heavy atom. The number of unbranched alkanes of at least 4 members (excludes halogenated alkanes) is 1. The molecule has 100 valence electrons. The van der Waals surface area contributed by atoms with E-state index in [4.69, 9.17) is 16.3 Å². The van der Waals surface area contributed by atoms with E-state index in [9.17, 15) is 9.59 Å². The van der Waals surface area contributed by atoms with Crippen LogP contribution in [0, 0.1) is 0 Å². The van der Waals surface area contributed by atoms with Gasteiger partial charge in [0.1, 0.15) is 6.54 Å². The number of nitrogens with zero attached hydrogens (tertiary/aromatic N) is 2. The molecule has 1 heterocycles. The third-order valence-corrected chi connectivity index (χ3v) is 2.59. The highest BCUT2D eigenvalue weighted by atomic mass is 35.5. The number of halogens is 1. The fourth-order valence-corrected chi connectivity index (χ4v) is 1.55. The molecule has 1 N–H and O–H groups in total. The van der Waals surface area contributed by atoms with Crippen LogP contribution in [0.1, 0.15) is 19.8 Å². The Balaban J connectivity index is 2.73. The summed E-state index contributed by atoms with van der Waals surface area (Å²) in [5, 5.41) is 2.70. The largest absolute Gasteiger partial charge is 0.489 e. The zero-order valence-corrected chi connectivity index (χ0v) is 11.2. The quantitative estimate of drug-likeness (QED) is 0.615. The number of aromatic nitrogens is 2. The van der Waals surface area contributed by atoms with Crippen LogP contribution in [0.4, 0.5) is 0 Å². The molecule has 0 unspecified atom stereocenters. The summed E-state index contributed by atoms with van der Waals surface area (Å²) in [6, 6.07) is 0. The summed E-state index contributed by atoms with van der Waals surface area (Å²) in [4.78, 5) is 27.2. The van der Waals surface area contributed by atoms with Crippen LogP contribution in [0.3, 0.4) is 0 Å². The summed E-state index contributed by atoms with van der Waals surface area (Å²) in [5.74, 6) is -0.294. The van der Waals surface area contributed by atoms with Crippen molar-refractivity contribution in [3.05, 3.63) is 21.8 Å². The van der Waals surface area contributed by atoms with Gasteiger partial charge in [-0.05, 0) is 6.42 Å². The molecular formula is C11H16ClN3O3. The normalized spacial score (nSPS) is 10.2. The summed E-state index contributed by atoms with van der Waals surface area (Å²) in [6.45, 7) is 2.54. The molecule has 0 radical (unpaired) electrons. The maximum absolute atomic E-state index is 11.8. The first-order valence-corrected chi connectivity index (χ1v) is 6.03. The minimum absolute atomic E-state index is 0.00913. The van der Waals surface area contributed by atoms with Crippen molar-refractivity contribution in [2.45, 2.75) is 26.3 Å². The molecule has 0 atom stereocenters. The van der Waals surface area contributed by atoms with Gasteiger partial charge in [0.15, 0.2) is 5.15 Å². The molecule has 0 aromatic carbocycles. The molecule has 1 aromatic rings. The minimum atomic E-state index is -0.469. The molecule has 1 aromatic heterocycles. The van der Waals surface area contributed by atoms with E-state index in [1.54, 1.807) is 0 Å². The monoisotopic (exact) mass is 273 g/mol. The minimum Gasteiger partial charge on any atom is -0.489 e. The number of ether oxygens (including phenoxy) is 1. The van der Waals surface area contributed by atoms with Gasteiger partial charge in [-0.15, -0.1) is 0 Å². The standard InChI is InChI=1S/C11H16ClN3O3/c1-3-4-5-13-8(16)6-15-7-14-10(12)9(18-2)11(15)17/h7H,3-6H2,1-2H3,(H,13,16). The summed E-state index contributed by atoms with van der Waals surface area (Å²) in [7, 11) is 1.33. The predicted molar refractivity (Wildman–Crippen MR) is 68.0 cm³/mol. The van der Waals surface area contributed by atoms with Gasteiger partial charge in [-0.2, -0.15) is 0 Å². The fraction of sp³-hybridized carbons (Fsp3) is 0.545. The highest BCUT2D eigenvalue weighted by Crippen LogP contribution is 2.14. The molecule has 0 aliphatic heterocycles. The van der Waals surface area contributed by atoms with Crippen LogP contribution in [0.25, 0.3) is 0 Å². The lowest BCUT2D eigenvalue weighted by Crippen LogP contribution is -2.33. The molecule has 6 nitrogen and oxygen atoms in total. The van der Waals surface area contributed by atoms with Gasteiger partial charge in [-0.3, -0.25) is 14.2 Å². The summed E-state index contributed by atoms with van der Waals surface area (Å²) < 4.78 is 6.00. The van der Waals surface area contributed by atoms with Gasteiger partial charge in [0.25, 0.3) is 5.56 Å². The first-order valence-electron chi connectivity index (χ1n) is 5.65. The van der Waals surface area contributed by atoms with E-state index in [0.29, 0.717) is 6.54 Å². The van der Waals surface area contributed by atoms with E-state index in [2.05, 4.69) is 10.3 Å². The summed E-state index contributed by atoms with van der Waals surface area (Å²) >= 11 is 5.69. The molecule has 0 saturated heterocycles. The molecule has 18 heavy (non-hydrogen) atoms. The van der Waals surface area contributed by atoms with Gasteiger partial charge >= 0.3 is 0 Å². The van der Waals surface area contributed by atoms with Crippen LogP contribution >= 0.6 is 11.6 Å². The van der Waals surface area contributed by atoms with Crippen molar-refractivity contribution in [3.63, 3.8) is 0 Å². The third kappa shape index (κ3) is 3.73. The number of amides is 1. The molecule has 7 heteroatoms. The average molecular weight is 274 g/mol. The van der Waals surface area contributed by atoms with Crippen LogP contribution in [-0.4, -0.2) is 29.1 Å². The van der Waals surface area contributed by atoms with Crippen LogP contribution < -0.4 is 15.6 Å². The number of hydrogen-bond donors (Lipinski definition) is 1. The van der Waals surface area contributed by atoms with Gasteiger partial charge in [0.05, 0.1) is 13.4 Å².